The van der Waals surface area contributed by atoms with Crippen LogP contribution in [0.3, 0.4) is 0 Å². The van der Waals surface area contributed by atoms with Gasteiger partial charge in [-0.25, -0.2) is 4.39 Å². The lowest BCUT2D eigenvalue weighted by Gasteiger charge is -2.12. The molecule has 1 aliphatic heterocycles. The maximum Gasteiger partial charge on any atom is 0.255 e. The van der Waals surface area contributed by atoms with Crippen molar-refractivity contribution < 1.29 is 18.7 Å². The number of amides is 1. The van der Waals surface area contributed by atoms with Gasteiger partial charge in [-0.2, -0.15) is 0 Å². The van der Waals surface area contributed by atoms with Crippen molar-refractivity contribution in [3.05, 3.63) is 59.9 Å². The Balaban J connectivity index is 1.54. The molecule has 2 aromatic rings. The standard InChI is InChI=1S/C18H18FNO3/c19-14-5-3-13(4-6-14)18(21)20-15-7-9-16(10-8-15)23-12-17-2-1-11-22-17/h3-10,17H,1-2,11-12H2,(H,20,21)/t17-/m1/s1. The van der Waals surface area contributed by atoms with Crippen LogP contribution in [-0.2, 0) is 4.74 Å². The zero-order valence-electron chi connectivity index (χ0n) is 12.6. The lowest BCUT2D eigenvalue weighted by atomic mass is 10.2. The molecule has 1 saturated heterocycles. The Kier molecular flexibility index (Phi) is 4.88. The molecule has 0 bridgehead atoms. The number of rotatable bonds is 5. The number of ether oxygens (including phenoxy) is 2. The van der Waals surface area contributed by atoms with Gasteiger partial charge in [0.15, 0.2) is 0 Å². The molecule has 0 aromatic heterocycles. The van der Waals surface area contributed by atoms with Crippen LogP contribution in [0.5, 0.6) is 5.75 Å². The van der Waals surface area contributed by atoms with Gasteiger partial charge in [0.05, 0.1) is 6.10 Å². The molecule has 1 atom stereocenters. The Morgan fingerprint density at radius 2 is 1.91 bits per heavy atom. The summed E-state index contributed by atoms with van der Waals surface area (Å²) in [5.41, 5.74) is 1.06. The van der Waals surface area contributed by atoms with E-state index in [1.165, 1.54) is 24.3 Å². The van der Waals surface area contributed by atoms with Gasteiger partial charge >= 0.3 is 0 Å². The van der Waals surface area contributed by atoms with Gasteiger partial charge < -0.3 is 14.8 Å². The van der Waals surface area contributed by atoms with Crippen LogP contribution in [0.25, 0.3) is 0 Å². The summed E-state index contributed by atoms with van der Waals surface area (Å²) in [7, 11) is 0. The average molecular weight is 315 g/mol. The fourth-order valence-electron chi connectivity index (χ4n) is 2.40. The number of hydrogen-bond acceptors (Lipinski definition) is 3. The zero-order valence-corrected chi connectivity index (χ0v) is 12.6. The van der Waals surface area contributed by atoms with E-state index in [4.69, 9.17) is 9.47 Å². The minimum Gasteiger partial charge on any atom is -0.491 e. The predicted molar refractivity (Wildman–Crippen MR) is 85.3 cm³/mol. The highest BCUT2D eigenvalue weighted by Crippen LogP contribution is 2.19. The molecule has 0 spiro atoms. The molecule has 0 radical (unpaired) electrons. The van der Waals surface area contributed by atoms with Crippen LogP contribution in [0.1, 0.15) is 23.2 Å². The van der Waals surface area contributed by atoms with Crippen LogP contribution in [0.2, 0.25) is 0 Å². The van der Waals surface area contributed by atoms with Gasteiger partial charge in [0.25, 0.3) is 5.91 Å². The summed E-state index contributed by atoms with van der Waals surface area (Å²) in [6.45, 7) is 1.35. The second kappa shape index (κ2) is 7.24. The van der Waals surface area contributed by atoms with E-state index in [2.05, 4.69) is 5.32 Å². The average Bonchev–Trinajstić information content (AvgIpc) is 3.08. The molecule has 120 valence electrons. The lowest BCUT2D eigenvalue weighted by Crippen LogP contribution is -2.16. The molecule has 23 heavy (non-hydrogen) atoms. The number of benzene rings is 2. The molecule has 3 rings (SSSR count). The second-order valence-corrected chi connectivity index (χ2v) is 5.43. The Morgan fingerprint density at radius 1 is 1.17 bits per heavy atom. The summed E-state index contributed by atoms with van der Waals surface area (Å²) >= 11 is 0. The molecule has 1 fully saturated rings. The highest BCUT2D eigenvalue weighted by atomic mass is 19.1. The molecule has 1 aliphatic rings. The SMILES string of the molecule is O=C(Nc1ccc(OC[C@H]2CCCO2)cc1)c1ccc(F)cc1. The quantitative estimate of drug-likeness (QED) is 0.916. The van der Waals surface area contributed by atoms with Gasteiger partial charge in [-0.3, -0.25) is 4.79 Å². The van der Waals surface area contributed by atoms with Gasteiger partial charge in [0.1, 0.15) is 18.2 Å². The Morgan fingerprint density at radius 3 is 2.57 bits per heavy atom. The predicted octanol–water partition coefficient (Wildman–Crippen LogP) is 3.64. The third kappa shape index (κ3) is 4.29. The van der Waals surface area contributed by atoms with E-state index in [1.807, 2.05) is 0 Å². The topological polar surface area (TPSA) is 47.6 Å². The fraction of sp³-hybridized carbons (Fsp3) is 0.278. The van der Waals surface area contributed by atoms with Gasteiger partial charge in [0, 0.05) is 17.9 Å². The van der Waals surface area contributed by atoms with Crippen LogP contribution in [0.4, 0.5) is 10.1 Å². The van der Waals surface area contributed by atoms with Crippen molar-refractivity contribution >= 4 is 11.6 Å². The van der Waals surface area contributed by atoms with Crippen molar-refractivity contribution in [3.8, 4) is 5.75 Å². The Hall–Kier alpha value is -2.40. The number of carbonyl (C=O) groups is 1. The molecular weight excluding hydrogens is 297 g/mol. The van der Waals surface area contributed by atoms with Crippen LogP contribution in [0, 0.1) is 5.82 Å². The number of nitrogens with one attached hydrogen (secondary N) is 1. The molecule has 1 amide bonds. The summed E-state index contributed by atoms with van der Waals surface area (Å²) in [5, 5.41) is 2.76. The van der Waals surface area contributed by atoms with E-state index < -0.39 is 0 Å². The lowest BCUT2D eigenvalue weighted by molar-refractivity contribution is 0.0679. The third-order valence-corrected chi connectivity index (χ3v) is 3.68. The summed E-state index contributed by atoms with van der Waals surface area (Å²) in [6, 6.07) is 12.6. The van der Waals surface area contributed by atoms with Crippen LogP contribution in [0.15, 0.2) is 48.5 Å². The Bertz CT molecular complexity index is 649. The molecule has 1 N–H and O–H groups in total. The van der Waals surface area contributed by atoms with E-state index >= 15 is 0 Å². The van der Waals surface area contributed by atoms with Gasteiger partial charge in [0.2, 0.25) is 0 Å². The minimum absolute atomic E-state index is 0.174. The maximum atomic E-state index is 12.9. The summed E-state index contributed by atoms with van der Waals surface area (Å²) < 4.78 is 24.0. The van der Waals surface area contributed by atoms with Crippen molar-refractivity contribution in [2.24, 2.45) is 0 Å². The van der Waals surface area contributed by atoms with E-state index in [-0.39, 0.29) is 17.8 Å². The van der Waals surface area contributed by atoms with Crippen molar-refractivity contribution in [2.75, 3.05) is 18.5 Å². The Labute approximate surface area is 134 Å². The molecular formula is C18H18FNO3. The number of hydrogen-bond donors (Lipinski definition) is 1. The fourth-order valence-corrected chi connectivity index (χ4v) is 2.40. The van der Waals surface area contributed by atoms with Crippen molar-refractivity contribution in [2.45, 2.75) is 18.9 Å². The van der Waals surface area contributed by atoms with Crippen LogP contribution >= 0.6 is 0 Å². The number of halogens is 1. The van der Waals surface area contributed by atoms with Gasteiger partial charge in [-0.15, -0.1) is 0 Å². The molecule has 0 aliphatic carbocycles. The van der Waals surface area contributed by atoms with Crippen LogP contribution in [-0.4, -0.2) is 25.2 Å². The van der Waals surface area contributed by atoms with Crippen LogP contribution < -0.4 is 10.1 Å². The first-order valence-electron chi connectivity index (χ1n) is 7.62. The summed E-state index contributed by atoms with van der Waals surface area (Å²) in [4.78, 5) is 12.0. The first-order valence-corrected chi connectivity index (χ1v) is 7.62. The third-order valence-electron chi connectivity index (χ3n) is 3.68. The molecule has 2 aromatic carbocycles. The smallest absolute Gasteiger partial charge is 0.255 e. The molecule has 0 saturated carbocycles. The molecule has 4 nitrogen and oxygen atoms in total. The van der Waals surface area contributed by atoms with E-state index in [1.54, 1.807) is 24.3 Å². The summed E-state index contributed by atoms with van der Waals surface area (Å²) in [5.74, 6) is 0.0904. The summed E-state index contributed by atoms with van der Waals surface area (Å²) in [6.07, 6.45) is 2.29. The zero-order chi connectivity index (χ0) is 16.1. The molecule has 1 heterocycles. The van der Waals surface area contributed by atoms with Gasteiger partial charge in [-0.1, -0.05) is 0 Å². The van der Waals surface area contributed by atoms with Crippen molar-refractivity contribution in [1.29, 1.82) is 0 Å². The number of anilines is 1. The second-order valence-electron chi connectivity index (χ2n) is 5.43. The maximum absolute atomic E-state index is 12.9. The van der Waals surface area contributed by atoms with E-state index in [0.717, 1.165) is 25.2 Å². The first kappa shape index (κ1) is 15.5. The largest absolute Gasteiger partial charge is 0.491 e. The molecule has 0 unspecified atom stereocenters. The highest BCUT2D eigenvalue weighted by Gasteiger charge is 2.15. The molecule has 5 heteroatoms. The number of carbonyl (C=O) groups excluding carboxylic acids is 1. The normalized spacial score (nSPS) is 17.0. The minimum atomic E-state index is -0.366. The van der Waals surface area contributed by atoms with Crippen molar-refractivity contribution in [1.82, 2.24) is 0 Å². The first-order chi connectivity index (χ1) is 11.2. The van der Waals surface area contributed by atoms with E-state index in [9.17, 15) is 9.18 Å². The highest BCUT2D eigenvalue weighted by molar-refractivity contribution is 6.04. The van der Waals surface area contributed by atoms with E-state index in [0.29, 0.717) is 17.9 Å². The monoisotopic (exact) mass is 315 g/mol. The van der Waals surface area contributed by atoms with Gasteiger partial charge in [-0.05, 0) is 61.4 Å². The van der Waals surface area contributed by atoms with Crippen molar-refractivity contribution in [3.63, 3.8) is 0 Å².